The minimum atomic E-state index is 0.918. The van der Waals surface area contributed by atoms with Crippen LogP contribution in [0.1, 0.15) is 25.8 Å². The Morgan fingerprint density at radius 3 is 1.93 bits per heavy atom. The highest BCUT2D eigenvalue weighted by Gasteiger charge is 2.13. The average molecular weight is 366 g/mol. The highest BCUT2D eigenvalue weighted by molar-refractivity contribution is 5.70. The van der Waals surface area contributed by atoms with Crippen molar-refractivity contribution in [2.75, 3.05) is 4.90 Å². The van der Waals surface area contributed by atoms with Gasteiger partial charge >= 0.3 is 0 Å². The minimum absolute atomic E-state index is 0.918. The second-order valence-electron chi connectivity index (χ2n) is 6.11. The van der Waals surface area contributed by atoms with Crippen LogP contribution in [0.4, 0.5) is 5.69 Å². The van der Waals surface area contributed by atoms with Crippen molar-refractivity contribution in [3.8, 4) is 23.0 Å². The molecule has 0 amide bonds. The quantitative estimate of drug-likeness (QED) is 0.351. The van der Waals surface area contributed by atoms with Gasteiger partial charge in [-0.3, -0.25) is 0 Å². The average Bonchev–Trinajstić information content (AvgIpc) is 2.74. The zero-order valence-electron chi connectivity index (χ0n) is 16.8. The SMILES string of the molecule is C=C/C=C(\C=C)N(/C(C=C)=C/CC)c1ccc(-c2ccc(C#CC)cc2)cc1. The van der Waals surface area contributed by atoms with Crippen LogP contribution < -0.4 is 4.90 Å². The van der Waals surface area contributed by atoms with E-state index >= 15 is 0 Å². The van der Waals surface area contributed by atoms with Crippen LogP contribution in [0.3, 0.4) is 0 Å². The molecule has 2 aromatic carbocycles. The van der Waals surface area contributed by atoms with Crippen molar-refractivity contribution in [3.05, 3.63) is 116 Å². The molecule has 0 unspecified atom stereocenters. The fourth-order valence-electron chi connectivity index (χ4n) is 2.97. The van der Waals surface area contributed by atoms with E-state index in [2.05, 4.69) is 98.0 Å². The maximum atomic E-state index is 3.98. The molecule has 0 spiro atoms. The van der Waals surface area contributed by atoms with Crippen LogP contribution in [-0.2, 0) is 0 Å². The van der Waals surface area contributed by atoms with Crippen LogP contribution >= 0.6 is 0 Å². The third kappa shape index (κ3) is 5.02. The molecule has 0 saturated heterocycles. The second kappa shape index (κ2) is 10.6. The van der Waals surface area contributed by atoms with Gasteiger partial charge in [0.15, 0.2) is 0 Å². The molecule has 0 N–H and O–H groups in total. The first kappa shape index (κ1) is 20.8. The lowest BCUT2D eigenvalue weighted by molar-refractivity contribution is 1.10. The molecule has 0 fully saturated rings. The van der Waals surface area contributed by atoms with Crippen molar-refractivity contribution in [1.82, 2.24) is 0 Å². The molecule has 0 saturated carbocycles. The Bertz CT molecular complexity index is 942. The van der Waals surface area contributed by atoms with Gasteiger partial charge in [-0.25, -0.2) is 0 Å². The van der Waals surface area contributed by atoms with Gasteiger partial charge in [-0.15, -0.1) is 5.92 Å². The number of benzene rings is 2. The van der Waals surface area contributed by atoms with Gasteiger partial charge in [0, 0.05) is 22.6 Å². The van der Waals surface area contributed by atoms with E-state index in [0.29, 0.717) is 0 Å². The number of hydrogen-bond acceptors (Lipinski definition) is 1. The molecule has 0 atom stereocenters. The molecule has 1 nitrogen and oxygen atoms in total. The molecule has 2 rings (SSSR count). The maximum absolute atomic E-state index is 3.98. The number of anilines is 1. The summed E-state index contributed by atoms with van der Waals surface area (Å²) in [6.45, 7) is 15.7. The molecule has 0 aromatic heterocycles. The first-order chi connectivity index (χ1) is 13.7. The molecule has 0 aliphatic rings. The van der Waals surface area contributed by atoms with Crippen molar-refractivity contribution < 1.29 is 0 Å². The number of hydrogen-bond donors (Lipinski definition) is 0. The van der Waals surface area contributed by atoms with E-state index in [9.17, 15) is 0 Å². The Labute approximate surface area is 169 Å². The predicted molar refractivity (Wildman–Crippen MR) is 124 cm³/mol. The molecular formula is C27H27N. The van der Waals surface area contributed by atoms with Crippen molar-refractivity contribution >= 4 is 5.69 Å². The Kier molecular flexibility index (Phi) is 7.88. The van der Waals surface area contributed by atoms with Gasteiger partial charge < -0.3 is 4.90 Å². The van der Waals surface area contributed by atoms with Gasteiger partial charge in [0.05, 0.1) is 0 Å². The first-order valence-corrected chi connectivity index (χ1v) is 9.39. The van der Waals surface area contributed by atoms with Crippen molar-refractivity contribution in [2.45, 2.75) is 20.3 Å². The first-order valence-electron chi connectivity index (χ1n) is 9.39. The van der Waals surface area contributed by atoms with Crippen molar-refractivity contribution in [1.29, 1.82) is 0 Å². The summed E-state index contributed by atoms with van der Waals surface area (Å²) in [6, 6.07) is 16.8. The summed E-state index contributed by atoms with van der Waals surface area (Å²) in [4.78, 5) is 2.13. The van der Waals surface area contributed by atoms with E-state index < -0.39 is 0 Å². The maximum Gasteiger partial charge on any atom is 0.0461 e. The van der Waals surface area contributed by atoms with Crippen LogP contribution in [-0.4, -0.2) is 0 Å². The summed E-state index contributed by atoms with van der Waals surface area (Å²) in [7, 11) is 0. The molecule has 0 heterocycles. The number of allylic oxidation sites excluding steroid dienone is 5. The Morgan fingerprint density at radius 2 is 1.46 bits per heavy atom. The van der Waals surface area contributed by atoms with Crippen LogP contribution in [0.25, 0.3) is 11.1 Å². The van der Waals surface area contributed by atoms with E-state index in [4.69, 9.17) is 0 Å². The Morgan fingerprint density at radius 1 is 0.893 bits per heavy atom. The molecular weight excluding hydrogens is 338 g/mol. The van der Waals surface area contributed by atoms with E-state index in [-0.39, 0.29) is 0 Å². The minimum Gasteiger partial charge on any atom is -0.311 e. The summed E-state index contributed by atoms with van der Waals surface area (Å²) in [5.41, 5.74) is 6.37. The summed E-state index contributed by atoms with van der Waals surface area (Å²) >= 11 is 0. The van der Waals surface area contributed by atoms with Gasteiger partial charge in [0.1, 0.15) is 0 Å². The topological polar surface area (TPSA) is 3.24 Å². The van der Waals surface area contributed by atoms with E-state index in [1.807, 2.05) is 25.2 Å². The van der Waals surface area contributed by atoms with E-state index in [1.54, 1.807) is 6.08 Å². The fourth-order valence-corrected chi connectivity index (χ4v) is 2.97. The largest absolute Gasteiger partial charge is 0.311 e. The molecule has 140 valence electrons. The van der Waals surface area contributed by atoms with Crippen molar-refractivity contribution in [3.63, 3.8) is 0 Å². The van der Waals surface area contributed by atoms with Crippen molar-refractivity contribution in [2.24, 2.45) is 0 Å². The highest BCUT2D eigenvalue weighted by Crippen LogP contribution is 2.29. The van der Waals surface area contributed by atoms with Gasteiger partial charge in [-0.05, 0) is 67.0 Å². The summed E-state index contributed by atoms with van der Waals surface area (Å²) in [5.74, 6) is 6.00. The molecule has 0 radical (unpaired) electrons. The third-order valence-corrected chi connectivity index (χ3v) is 4.25. The summed E-state index contributed by atoms with van der Waals surface area (Å²) < 4.78 is 0. The van der Waals surface area contributed by atoms with Crippen LogP contribution in [0.2, 0.25) is 0 Å². The number of rotatable bonds is 8. The van der Waals surface area contributed by atoms with Crippen LogP contribution in [0.15, 0.2) is 110 Å². The van der Waals surface area contributed by atoms with E-state index in [1.165, 1.54) is 5.56 Å². The fraction of sp³-hybridized carbons (Fsp3) is 0.111. The number of nitrogens with zero attached hydrogens (tertiary/aromatic N) is 1. The molecule has 28 heavy (non-hydrogen) atoms. The van der Waals surface area contributed by atoms with Crippen LogP contribution in [0, 0.1) is 11.8 Å². The summed E-state index contributed by atoms with van der Waals surface area (Å²) in [6.07, 6.45) is 10.5. The zero-order valence-corrected chi connectivity index (χ0v) is 16.8. The second-order valence-corrected chi connectivity index (χ2v) is 6.11. The molecule has 0 bridgehead atoms. The third-order valence-electron chi connectivity index (χ3n) is 4.25. The highest BCUT2D eigenvalue weighted by atomic mass is 15.1. The van der Waals surface area contributed by atoms with Crippen LogP contribution in [0.5, 0.6) is 0 Å². The molecule has 0 aliphatic carbocycles. The van der Waals surface area contributed by atoms with Gasteiger partial charge in [-0.1, -0.05) is 69.0 Å². The molecule has 2 aromatic rings. The molecule has 1 heteroatoms. The van der Waals surface area contributed by atoms with Gasteiger partial charge in [0.2, 0.25) is 0 Å². The normalized spacial score (nSPS) is 11.2. The summed E-state index contributed by atoms with van der Waals surface area (Å²) in [5, 5.41) is 0. The van der Waals surface area contributed by atoms with E-state index in [0.717, 1.165) is 34.6 Å². The van der Waals surface area contributed by atoms with Gasteiger partial charge in [0.25, 0.3) is 0 Å². The molecule has 0 aliphatic heterocycles. The zero-order chi connectivity index (χ0) is 20.4. The monoisotopic (exact) mass is 365 g/mol. The Balaban J connectivity index is 2.44. The Hall–Kier alpha value is -3.50. The lowest BCUT2D eigenvalue weighted by Gasteiger charge is -2.27. The lowest BCUT2D eigenvalue weighted by atomic mass is 10.0. The lowest BCUT2D eigenvalue weighted by Crippen LogP contribution is -2.19. The standard InChI is InChI=1S/C27H27N/c1-6-11-22-14-16-23(17-15-22)24-18-20-27(21-19-24)28(25(9-4)12-7-2)26(10-5)13-8-3/h7,9-10,12-21H,2,4-5,8H2,1,3H3/b25-12+,26-13+. The predicted octanol–water partition coefficient (Wildman–Crippen LogP) is 7.27. The van der Waals surface area contributed by atoms with Gasteiger partial charge in [-0.2, -0.15) is 0 Å². The smallest absolute Gasteiger partial charge is 0.0461 e.